The summed E-state index contributed by atoms with van der Waals surface area (Å²) in [6.45, 7) is 2.85. The van der Waals surface area contributed by atoms with E-state index in [1.54, 1.807) is 11.0 Å². The molecule has 0 bridgehead atoms. The molecule has 28 heavy (non-hydrogen) atoms. The van der Waals surface area contributed by atoms with Crippen molar-refractivity contribution < 1.29 is 23.1 Å². The van der Waals surface area contributed by atoms with Gasteiger partial charge in [0.25, 0.3) is 5.91 Å². The second kappa shape index (κ2) is 6.88. The van der Waals surface area contributed by atoms with E-state index in [2.05, 4.69) is 0 Å². The Morgan fingerprint density at radius 1 is 1.25 bits per heavy atom. The number of carbonyl (C=O) groups excluding carboxylic acids is 1. The lowest BCUT2D eigenvalue weighted by molar-refractivity contribution is -0.138. The van der Waals surface area contributed by atoms with Crippen molar-refractivity contribution in [3.05, 3.63) is 57.3 Å². The third-order valence-electron chi connectivity index (χ3n) is 6.12. The van der Waals surface area contributed by atoms with Crippen molar-refractivity contribution in [3.8, 4) is 0 Å². The first-order valence-electron chi connectivity index (χ1n) is 9.44. The molecule has 4 rings (SSSR count). The second-order valence-corrected chi connectivity index (χ2v) is 9.17. The van der Waals surface area contributed by atoms with E-state index in [9.17, 15) is 23.1 Å². The van der Waals surface area contributed by atoms with Gasteiger partial charge in [-0.3, -0.25) is 4.79 Å². The Kier molecular flexibility index (Phi) is 4.78. The number of likely N-dealkylation sites (tertiary alicyclic amines) is 1. The fraction of sp³-hybridized carbons (Fsp3) is 0.476. The van der Waals surface area contributed by atoms with Crippen molar-refractivity contribution in [2.45, 2.75) is 38.0 Å². The van der Waals surface area contributed by atoms with Gasteiger partial charge in [-0.05, 0) is 61.9 Å². The highest BCUT2D eigenvalue weighted by Gasteiger charge is 2.51. The van der Waals surface area contributed by atoms with Crippen molar-refractivity contribution in [2.24, 2.45) is 11.8 Å². The molecule has 2 aromatic rings. The molecule has 3 atom stereocenters. The quantitative estimate of drug-likeness (QED) is 0.771. The summed E-state index contributed by atoms with van der Waals surface area (Å²) in [7, 11) is 0. The first kappa shape index (κ1) is 19.5. The molecule has 7 heteroatoms. The number of rotatable bonds is 2. The lowest BCUT2D eigenvalue weighted by Gasteiger charge is -2.41. The van der Waals surface area contributed by atoms with Gasteiger partial charge in [0.15, 0.2) is 0 Å². The molecule has 0 radical (unpaired) electrons. The van der Waals surface area contributed by atoms with Crippen LogP contribution in [0.15, 0.2) is 36.4 Å². The van der Waals surface area contributed by atoms with Gasteiger partial charge in [0.1, 0.15) is 0 Å². The molecule has 3 nitrogen and oxygen atoms in total. The maximum Gasteiger partial charge on any atom is 0.416 e. The maximum absolute atomic E-state index is 13.2. The Bertz CT molecular complexity index is 894. The van der Waals surface area contributed by atoms with Crippen LogP contribution in [0.1, 0.15) is 44.9 Å². The van der Waals surface area contributed by atoms with E-state index in [1.807, 2.05) is 19.1 Å². The molecule has 2 heterocycles. The molecule has 1 aromatic heterocycles. The molecule has 1 amide bonds. The molecule has 1 saturated carbocycles. The fourth-order valence-electron chi connectivity index (χ4n) is 4.72. The van der Waals surface area contributed by atoms with E-state index in [0.29, 0.717) is 30.0 Å². The van der Waals surface area contributed by atoms with Crippen molar-refractivity contribution >= 4 is 17.2 Å². The number of thiophene rings is 1. The van der Waals surface area contributed by atoms with Gasteiger partial charge in [-0.25, -0.2) is 0 Å². The highest BCUT2D eigenvalue weighted by Crippen LogP contribution is 2.49. The molecule has 2 fully saturated rings. The topological polar surface area (TPSA) is 40.5 Å². The van der Waals surface area contributed by atoms with Crippen LogP contribution in [0.4, 0.5) is 13.2 Å². The molecule has 3 unspecified atom stereocenters. The Balaban J connectivity index is 1.62. The standard InChI is InChI=1S/C21H22F3NO2S/c1-13-7-8-18(28-13)19(26)25-11-14-4-3-9-20(27,17(14)12-25)15-5-2-6-16(10-15)21(22,23)24/h2,5-8,10,14,17,27H,3-4,9,11-12H2,1H3. The zero-order chi connectivity index (χ0) is 20.1. The van der Waals surface area contributed by atoms with Gasteiger partial charge in [-0.2, -0.15) is 13.2 Å². The van der Waals surface area contributed by atoms with Gasteiger partial charge in [0.05, 0.1) is 16.0 Å². The lowest BCUT2D eigenvalue weighted by atomic mass is 9.67. The average molecular weight is 409 g/mol. The Morgan fingerprint density at radius 2 is 2.04 bits per heavy atom. The van der Waals surface area contributed by atoms with Crippen molar-refractivity contribution in [1.29, 1.82) is 0 Å². The number of aryl methyl sites for hydroxylation is 1. The number of carbonyl (C=O) groups is 1. The summed E-state index contributed by atoms with van der Waals surface area (Å²) in [5.74, 6) is -0.216. The predicted octanol–water partition coefficient (Wildman–Crippen LogP) is 4.84. The van der Waals surface area contributed by atoms with Crippen LogP contribution in [0.3, 0.4) is 0 Å². The van der Waals surface area contributed by atoms with Gasteiger partial charge < -0.3 is 10.0 Å². The second-order valence-electron chi connectivity index (χ2n) is 7.88. The number of aliphatic hydroxyl groups is 1. The van der Waals surface area contributed by atoms with Crippen LogP contribution in [0.2, 0.25) is 0 Å². The summed E-state index contributed by atoms with van der Waals surface area (Å²) in [5, 5.41) is 11.5. The van der Waals surface area contributed by atoms with Crippen LogP contribution < -0.4 is 0 Å². The Morgan fingerprint density at radius 3 is 2.71 bits per heavy atom. The molecule has 1 aliphatic heterocycles. The summed E-state index contributed by atoms with van der Waals surface area (Å²) < 4.78 is 39.5. The monoisotopic (exact) mass is 409 g/mol. The Hall–Kier alpha value is -1.86. The van der Waals surface area contributed by atoms with E-state index < -0.39 is 17.3 Å². The minimum atomic E-state index is -4.45. The normalized spacial score (nSPS) is 27.7. The van der Waals surface area contributed by atoms with Crippen molar-refractivity contribution in [1.82, 2.24) is 4.90 Å². The molecule has 1 aliphatic carbocycles. The molecule has 1 saturated heterocycles. The van der Waals surface area contributed by atoms with E-state index in [0.717, 1.165) is 29.9 Å². The minimum absolute atomic E-state index is 0.0566. The SMILES string of the molecule is Cc1ccc(C(=O)N2CC3CCCC(O)(c4cccc(C(F)(F)F)c4)C3C2)s1. The number of hydrogen-bond acceptors (Lipinski definition) is 3. The summed E-state index contributed by atoms with van der Waals surface area (Å²) in [6.07, 6.45) is -2.43. The van der Waals surface area contributed by atoms with Gasteiger partial charge >= 0.3 is 6.18 Å². The van der Waals surface area contributed by atoms with Crippen LogP contribution in [-0.2, 0) is 11.8 Å². The number of nitrogens with zero attached hydrogens (tertiary/aromatic N) is 1. The molecule has 150 valence electrons. The number of benzene rings is 1. The summed E-state index contributed by atoms with van der Waals surface area (Å²) in [4.78, 5) is 16.3. The average Bonchev–Trinajstić information content (AvgIpc) is 3.28. The lowest BCUT2D eigenvalue weighted by Crippen LogP contribution is -2.43. The van der Waals surface area contributed by atoms with Crippen LogP contribution >= 0.6 is 11.3 Å². The van der Waals surface area contributed by atoms with Gasteiger partial charge in [0.2, 0.25) is 0 Å². The van der Waals surface area contributed by atoms with Gasteiger partial charge in [-0.1, -0.05) is 12.1 Å². The van der Waals surface area contributed by atoms with Crippen molar-refractivity contribution in [3.63, 3.8) is 0 Å². The zero-order valence-electron chi connectivity index (χ0n) is 15.5. The van der Waals surface area contributed by atoms with Gasteiger partial charge in [0, 0.05) is 23.9 Å². The third kappa shape index (κ3) is 3.35. The van der Waals surface area contributed by atoms with Crippen LogP contribution in [0, 0.1) is 18.8 Å². The summed E-state index contributed by atoms with van der Waals surface area (Å²) >= 11 is 1.44. The predicted molar refractivity (Wildman–Crippen MR) is 101 cm³/mol. The fourth-order valence-corrected chi connectivity index (χ4v) is 5.55. The molecule has 0 spiro atoms. The first-order chi connectivity index (χ1) is 13.2. The maximum atomic E-state index is 13.2. The van der Waals surface area contributed by atoms with E-state index in [1.165, 1.54) is 17.4 Å². The molecule has 1 N–H and O–H groups in total. The molecular formula is C21H22F3NO2S. The summed E-state index contributed by atoms with van der Waals surface area (Å²) in [6, 6.07) is 8.73. The molecular weight excluding hydrogens is 387 g/mol. The number of fused-ring (bicyclic) bond motifs is 1. The molecule has 2 aliphatic rings. The smallest absolute Gasteiger partial charge is 0.385 e. The number of halogens is 3. The van der Waals surface area contributed by atoms with Crippen LogP contribution in [0.5, 0.6) is 0 Å². The largest absolute Gasteiger partial charge is 0.416 e. The number of hydrogen-bond donors (Lipinski definition) is 1. The minimum Gasteiger partial charge on any atom is -0.385 e. The van der Waals surface area contributed by atoms with Gasteiger partial charge in [-0.15, -0.1) is 11.3 Å². The van der Waals surface area contributed by atoms with E-state index in [-0.39, 0.29) is 17.7 Å². The highest BCUT2D eigenvalue weighted by atomic mass is 32.1. The zero-order valence-corrected chi connectivity index (χ0v) is 16.3. The first-order valence-corrected chi connectivity index (χ1v) is 10.3. The third-order valence-corrected chi connectivity index (χ3v) is 7.10. The van der Waals surface area contributed by atoms with E-state index >= 15 is 0 Å². The van der Waals surface area contributed by atoms with E-state index in [4.69, 9.17) is 0 Å². The highest BCUT2D eigenvalue weighted by molar-refractivity contribution is 7.13. The summed E-state index contributed by atoms with van der Waals surface area (Å²) in [5.41, 5.74) is -1.79. The van der Waals surface area contributed by atoms with Crippen LogP contribution in [-0.4, -0.2) is 29.0 Å². The Labute approximate surface area is 165 Å². The van der Waals surface area contributed by atoms with Crippen LogP contribution in [0.25, 0.3) is 0 Å². The molecule has 1 aromatic carbocycles. The number of alkyl halides is 3. The number of amides is 1. The van der Waals surface area contributed by atoms with Crippen molar-refractivity contribution in [2.75, 3.05) is 13.1 Å².